The summed E-state index contributed by atoms with van der Waals surface area (Å²) in [5.74, 6) is 0.935. The summed E-state index contributed by atoms with van der Waals surface area (Å²) in [5.41, 5.74) is 2.05. The third kappa shape index (κ3) is 2.59. The predicted molar refractivity (Wildman–Crippen MR) is 64.1 cm³/mol. The Kier molecular flexibility index (Phi) is 3.22. The highest BCUT2D eigenvalue weighted by Gasteiger charge is 2.07. The molecule has 0 fully saturated rings. The molecule has 1 heterocycles. The van der Waals surface area contributed by atoms with Gasteiger partial charge in [0.05, 0.1) is 23.7 Å². The smallest absolute Gasteiger partial charge is 0.121 e. The quantitative estimate of drug-likeness (QED) is 0.816. The summed E-state index contributed by atoms with van der Waals surface area (Å²) in [5, 5.41) is 9.27. The SMILES string of the molecule is CC(O)CN(C)Cc1nc2ccccc2[nH]1. The molecule has 2 aromatic rings. The summed E-state index contributed by atoms with van der Waals surface area (Å²) in [6.07, 6.45) is -0.311. The molecule has 0 aliphatic heterocycles. The van der Waals surface area contributed by atoms with Crippen molar-refractivity contribution in [3.05, 3.63) is 30.1 Å². The number of benzene rings is 1. The van der Waals surface area contributed by atoms with Gasteiger partial charge in [-0.1, -0.05) is 12.1 Å². The maximum absolute atomic E-state index is 9.27. The fraction of sp³-hybridized carbons (Fsp3) is 0.417. The highest BCUT2D eigenvalue weighted by Crippen LogP contribution is 2.11. The van der Waals surface area contributed by atoms with E-state index in [0.29, 0.717) is 6.54 Å². The maximum Gasteiger partial charge on any atom is 0.121 e. The van der Waals surface area contributed by atoms with E-state index >= 15 is 0 Å². The van der Waals surface area contributed by atoms with Gasteiger partial charge in [0.2, 0.25) is 0 Å². The molecule has 0 saturated heterocycles. The van der Waals surface area contributed by atoms with Crippen LogP contribution in [0.3, 0.4) is 0 Å². The molecule has 1 unspecified atom stereocenters. The van der Waals surface area contributed by atoms with Gasteiger partial charge in [-0.2, -0.15) is 0 Å². The molecule has 2 N–H and O–H groups in total. The van der Waals surface area contributed by atoms with Crippen LogP contribution in [-0.2, 0) is 6.54 Å². The van der Waals surface area contributed by atoms with Crippen LogP contribution in [0.15, 0.2) is 24.3 Å². The van der Waals surface area contributed by atoms with E-state index in [0.717, 1.165) is 23.4 Å². The van der Waals surface area contributed by atoms with Crippen molar-refractivity contribution in [1.82, 2.24) is 14.9 Å². The van der Waals surface area contributed by atoms with Gasteiger partial charge in [-0.05, 0) is 26.1 Å². The summed E-state index contributed by atoms with van der Waals surface area (Å²) in [7, 11) is 1.97. The number of aromatic nitrogens is 2. The van der Waals surface area contributed by atoms with Crippen molar-refractivity contribution < 1.29 is 5.11 Å². The Morgan fingerprint density at radius 3 is 2.88 bits per heavy atom. The molecule has 0 spiro atoms. The topological polar surface area (TPSA) is 52.1 Å². The molecule has 86 valence electrons. The summed E-state index contributed by atoms with van der Waals surface area (Å²) in [6.45, 7) is 3.16. The van der Waals surface area contributed by atoms with Gasteiger partial charge in [0, 0.05) is 6.54 Å². The summed E-state index contributed by atoms with van der Waals surface area (Å²) >= 11 is 0. The molecule has 4 nitrogen and oxygen atoms in total. The predicted octanol–water partition coefficient (Wildman–Crippen LogP) is 1.38. The van der Waals surface area contributed by atoms with Crippen LogP contribution >= 0.6 is 0 Å². The fourth-order valence-corrected chi connectivity index (χ4v) is 1.85. The van der Waals surface area contributed by atoms with Crippen LogP contribution in [0.1, 0.15) is 12.7 Å². The number of rotatable bonds is 4. The summed E-state index contributed by atoms with van der Waals surface area (Å²) < 4.78 is 0. The van der Waals surface area contributed by atoms with Crippen molar-refractivity contribution in [1.29, 1.82) is 0 Å². The zero-order chi connectivity index (χ0) is 11.5. The number of aliphatic hydroxyl groups is 1. The molecule has 1 aromatic heterocycles. The van der Waals surface area contributed by atoms with Crippen LogP contribution in [0, 0.1) is 0 Å². The monoisotopic (exact) mass is 219 g/mol. The van der Waals surface area contributed by atoms with Gasteiger partial charge in [-0.25, -0.2) is 4.98 Å². The summed E-state index contributed by atoms with van der Waals surface area (Å²) in [6, 6.07) is 7.97. The van der Waals surface area contributed by atoms with Crippen molar-refractivity contribution in [2.24, 2.45) is 0 Å². The number of imidazole rings is 1. The van der Waals surface area contributed by atoms with Crippen LogP contribution in [0.5, 0.6) is 0 Å². The van der Waals surface area contributed by atoms with Crippen LogP contribution in [0.4, 0.5) is 0 Å². The van der Waals surface area contributed by atoms with E-state index < -0.39 is 0 Å². The first-order valence-electron chi connectivity index (χ1n) is 5.45. The molecule has 0 bridgehead atoms. The van der Waals surface area contributed by atoms with E-state index in [1.807, 2.05) is 36.2 Å². The highest BCUT2D eigenvalue weighted by atomic mass is 16.3. The van der Waals surface area contributed by atoms with E-state index in [2.05, 4.69) is 9.97 Å². The second-order valence-corrected chi connectivity index (χ2v) is 4.25. The molecule has 16 heavy (non-hydrogen) atoms. The number of hydrogen-bond donors (Lipinski definition) is 2. The normalized spacial score (nSPS) is 13.5. The van der Waals surface area contributed by atoms with Crippen molar-refractivity contribution in [2.45, 2.75) is 19.6 Å². The highest BCUT2D eigenvalue weighted by molar-refractivity contribution is 5.74. The van der Waals surface area contributed by atoms with Crippen molar-refractivity contribution in [3.63, 3.8) is 0 Å². The van der Waals surface area contributed by atoms with E-state index in [9.17, 15) is 5.11 Å². The van der Waals surface area contributed by atoms with Crippen LogP contribution in [0.2, 0.25) is 0 Å². The first-order chi connectivity index (χ1) is 7.65. The van der Waals surface area contributed by atoms with Crippen LogP contribution < -0.4 is 0 Å². The number of aliphatic hydroxyl groups excluding tert-OH is 1. The number of fused-ring (bicyclic) bond motifs is 1. The van der Waals surface area contributed by atoms with Gasteiger partial charge in [0.25, 0.3) is 0 Å². The Bertz CT molecular complexity index is 431. The third-order valence-corrected chi connectivity index (χ3v) is 2.43. The number of para-hydroxylation sites is 2. The molecule has 0 saturated carbocycles. The van der Waals surface area contributed by atoms with Crippen molar-refractivity contribution in [2.75, 3.05) is 13.6 Å². The fourth-order valence-electron chi connectivity index (χ4n) is 1.85. The summed E-state index contributed by atoms with van der Waals surface area (Å²) in [4.78, 5) is 9.79. The van der Waals surface area contributed by atoms with Crippen molar-refractivity contribution >= 4 is 11.0 Å². The van der Waals surface area contributed by atoms with Gasteiger partial charge in [-0.3, -0.25) is 4.90 Å². The molecule has 0 radical (unpaired) electrons. The molecular weight excluding hydrogens is 202 g/mol. The molecule has 0 amide bonds. The number of hydrogen-bond acceptors (Lipinski definition) is 3. The van der Waals surface area contributed by atoms with E-state index in [4.69, 9.17) is 0 Å². The lowest BCUT2D eigenvalue weighted by Crippen LogP contribution is -2.27. The molecule has 1 atom stereocenters. The molecule has 1 aromatic carbocycles. The van der Waals surface area contributed by atoms with E-state index in [1.165, 1.54) is 0 Å². The number of likely N-dealkylation sites (N-methyl/N-ethyl adjacent to an activating group) is 1. The zero-order valence-corrected chi connectivity index (χ0v) is 9.64. The molecular formula is C12H17N3O. The van der Waals surface area contributed by atoms with E-state index in [-0.39, 0.29) is 6.10 Å². The molecule has 2 rings (SSSR count). The molecule has 0 aliphatic carbocycles. The molecule has 4 heteroatoms. The number of H-pyrrole nitrogens is 1. The largest absolute Gasteiger partial charge is 0.392 e. The Balaban J connectivity index is 2.09. The first-order valence-corrected chi connectivity index (χ1v) is 5.45. The number of aromatic amines is 1. The first kappa shape index (κ1) is 11.1. The van der Waals surface area contributed by atoms with Gasteiger partial charge < -0.3 is 10.1 Å². The minimum absolute atomic E-state index is 0.311. The standard InChI is InChI=1S/C12H17N3O/c1-9(16)7-15(2)8-12-13-10-5-3-4-6-11(10)14-12/h3-6,9,16H,7-8H2,1-2H3,(H,13,14). The lowest BCUT2D eigenvalue weighted by Gasteiger charge is -2.16. The average Bonchev–Trinajstić information content (AvgIpc) is 2.57. The number of nitrogens with zero attached hydrogens (tertiary/aromatic N) is 2. The average molecular weight is 219 g/mol. The lowest BCUT2D eigenvalue weighted by molar-refractivity contribution is 0.137. The van der Waals surface area contributed by atoms with Gasteiger partial charge >= 0.3 is 0 Å². The van der Waals surface area contributed by atoms with Gasteiger partial charge in [-0.15, -0.1) is 0 Å². The Morgan fingerprint density at radius 1 is 1.44 bits per heavy atom. The minimum atomic E-state index is -0.311. The van der Waals surface area contributed by atoms with Crippen LogP contribution in [-0.4, -0.2) is 39.7 Å². The van der Waals surface area contributed by atoms with Gasteiger partial charge in [0.15, 0.2) is 0 Å². The Hall–Kier alpha value is -1.39. The second kappa shape index (κ2) is 4.63. The Morgan fingerprint density at radius 2 is 2.19 bits per heavy atom. The van der Waals surface area contributed by atoms with Crippen LogP contribution in [0.25, 0.3) is 11.0 Å². The van der Waals surface area contributed by atoms with Crippen molar-refractivity contribution in [3.8, 4) is 0 Å². The number of nitrogens with one attached hydrogen (secondary N) is 1. The maximum atomic E-state index is 9.27. The lowest BCUT2D eigenvalue weighted by atomic mass is 10.3. The minimum Gasteiger partial charge on any atom is -0.392 e. The zero-order valence-electron chi connectivity index (χ0n) is 9.64. The van der Waals surface area contributed by atoms with E-state index in [1.54, 1.807) is 6.92 Å². The van der Waals surface area contributed by atoms with Gasteiger partial charge in [0.1, 0.15) is 5.82 Å². The second-order valence-electron chi connectivity index (χ2n) is 4.25. The molecule has 0 aliphatic rings. The third-order valence-electron chi connectivity index (χ3n) is 2.43. The Labute approximate surface area is 94.9 Å².